The summed E-state index contributed by atoms with van der Waals surface area (Å²) in [5.74, 6) is -0.537. The van der Waals surface area contributed by atoms with Crippen molar-refractivity contribution in [3.63, 3.8) is 0 Å². The van der Waals surface area contributed by atoms with Gasteiger partial charge in [-0.2, -0.15) is 0 Å². The Morgan fingerprint density at radius 3 is 1.43 bits per heavy atom. The Morgan fingerprint density at radius 2 is 1.10 bits per heavy atom. The molecule has 0 spiro atoms. The number of rotatable bonds is 15. The molecule has 126 valence electrons. The third-order valence-corrected chi connectivity index (χ3v) is 4.35. The molecule has 21 heavy (non-hydrogen) atoms. The van der Waals surface area contributed by atoms with E-state index in [4.69, 9.17) is 5.73 Å². The van der Waals surface area contributed by atoms with Crippen LogP contribution in [0.2, 0.25) is 0 Å². The van der Waals surface area contributed by atoms with Crippen LogP contribution in [0.4, 0.5) is 0 Å². The van der Waals surface area contributed by atoms with Gasteiger partial charge in [0.05, 0.1) is 0 Å². The Bertz CT molecular complexity index is 238. The van der Waals surface area contributed by atoms with E-state index in [0.717, 1.165) is 25.7 Å². The molecule has 0 unspecified atom stereocenters. The summed E-state index contributed by atoms with van der Waals surface area (Å²) < 4.78 is 0. The number of carbonyl (C=O) groups excluding carboxylic acids is 1. The van der Waals surface area contributed by atoms with Crippen LogP contribution in [0.25, 0.3) is 0 Å². The Kier molecular flexibility index (Phi) is 12.8. The molecule has 0 fully saturated rings. The molecule has 0 aromatic heterocycles. The van der Waals surface area contributed by atoms with Gasteiger partial charge in [0.15, 0.2) is 0 Å². The average molecular weight is 299 g/mol. The lowest BCUT2D eigenvalue weighted by Crippen LogP contribution is -2.43. The van der Waals surface area contributed by atoms with Crippen molar-refractivity contribution in [2.75, 3.05) is 0 Å². The highest BCUT2D eigenvalue weighted by Crippen LogP contribution is 2.23. The van der Waals surface area contributed by atoms with E-state index in [1.165, 1.54) is 51.4 Å². The van der Waals surface area contributed by atoms with Gasteiger partial charge in [0.1, 0.15) is 5.60 Å². The second-order valence-corrected chi connectivity index (χ2v) is 6.43. The maximum Gasteiger partial charge on any atom is 0.249 e. The van der Waals surface area contributed by atoms with Crippen LogP contribution >= 0.6 is 0 Å². The lowest BCUT2D eigenvalue weighted by atomic mass is 9.89. The molecule has 0 heterocycles. The molecule has 0 aliphatic carbocycles. The van der Waals surface area contributed by atoms with Crippen molar-refractivity contribution in [2.24, 2.45) is 5.73 Å². The molecule has 0 atom stereocenters. The summed E-state index contributed by atoms with van der Waals surface area (Å²) in [5.41, 5.74) is 4.14. The highest BCUT2D eigenvalue weighted by Gasteiger charge is 2.32. The summed E-state index contributed by atoms with van der Waals surface area (Å²) in [6, 6.07) is 0. The van der Waals surface area contributed by atoms with Gasteiger partial charge < -0.3 is 10.8 Å². The Hall–Kier alpha value is -0.570. The van der Waals surface area contributed by atoms with Gasteiger partial charge in [0.2, 0.25) is 5.91 Å². The van der Waals surface area contributed by atoms with Crippen LogP contribution in [-0.2, 0) is 4.79 Å². The number of hydrogen-bond acceptors (Lipinski definition) is 2. The minimum absolute atomic E-state index is 0.531. The van der Waals surface area contributed by atoms with Crippen LogP contribution < -0.4 is 5.73 Å². The summed E-state index contributed by atoms with van der Waals surface area (Å²) in [6.07, 6.45) is 15.0. The van der Waals surface area contributed by atoms with Crippen molar-refractivity contribution in [2.45, 2.75) is 109 Å². The fourth-order valence-electron chi connectivity index (χ4n) is 2.77. The normalized spacial score (nSPS) is 11.8. The first-order valence-electron chi connectivity index (χ1n) is 9.09. The van der Waals surface area contributed by atoms with Crippen molar-refractivity contribution >= 4 is 5.91 Å². The van der Waals surface area contributed by atoms with Crippen molar-refractivity contribution in [1.29, 1.82) is 0 Å². The van der Waals surface area contributed by atoms with Gasteiger partial charge in [-0.25, -0.2) is 0 Å². The number of nitrogens with two attached hydrogens (primary N) is 1. The van der Waals surface area contributed by atoms with Crippen LogP contribution in [0.15, 0.2) is 0 Å². The first-order chi connectivity index (χ1) is 10.1. The molecule has 0 rings (SSSR count). The third-order valence-electron chi connectivity index (χ3n) is 4.35. The van der Waals surface area contributed by atoms with Crippen LogP contribution in [0, 0.1) is 0 Å². The van der Waals surface area contributed by atoms with Crippen LogP contribution in [-0.4, -0.2) is 16.6 Å². The highest BCUT2D eigenvalue weighted by atomic mass is 16.3. The molecule has 1 amide bonds. The Balaban J connectivity index is 3.82. The summed E-state index contributed by atoms with van der Waals surface area (Å²) in [4.78, 5) is 11.5. The van der Waals surface area contributed by atoms with E-state index in [2.05, 4.69) is 13.8 Å². The van der Waals surface area contributed by atoms with E-state index in [9.17, 15) is 9.90 Å². The number of amides is 1. The number of aliphatic hydroxyl groups is 1. The zero-order valence-electron chi connectivity index (χ0n) is 14.3. The van der Waals surface area contributed by atoms with Gasteiger partial charge in [0, 0.05) is 0 Å². The summed E-state index contributed by atoms with van der Waals surface area (Å²) in [7, 11) is 0. The molecule has 0 saturated carbocycles. The molecule has 0 aromatic carbocycles. The van der Waals surface area contributed by atoms with Gasteiger partial charge in [-0.3, -0.25) is 4.79 Å². The maximum absolute atomic E-state index is 11.5. The Labute approximate surface area is 131 Å². The minimum atomic E-state index is -1.27. The van der Waals surface area contributed by atoms with E-state index in [1.54, 1.807) is 0 Å². The molecule has 3 nitrogen and oxygen atoms in total. The first-order valence-corrected chi connectivity index (χ1v) is 9.09. The summed E-state index contributed by atoms with van der Waals surface area (Å²) in [5, 5.41) is 10.4. The SMILES string of the molecule is CCCCCCCCC(O)(CCCCCCCC)C(N)=O. The molecular weight excluding hydrogens is 262 g/mol. The topological polar surface area (TPSA) is 63.3 Å². The maximum atomic E-state index is 11.5. The van der Waals surface area contributed by atoms with E-state index >= 15 is 0 Å². The summed E-state index contributed by atoms with van der Waals surface area (Å²) >= 11 is 0. The van der Waals surface area contributed by atoms with Crippen molar-refractivity contribution in [3.05, 3.63) is 0 Å². The van der Waals surface area contributed by atoms with Gasteiger partial charge >= 0.3 is 0 Å². The molecule has 0 bridgehead atoms. The molecule has 0 aromatic rings. The Morgan fingerprint density at radius 1 is 0.762 bits per heavy atom. The van der Waals surface area contributed by atoms with Gasteiger partial charge in [-0.15, -0.1) is 0 Å². The fourth-order valence-corrected chi connectivity index (χ4v) is 2.77. The quantitative estimate of drug-likeness (QED) is 0.430. The highest BCUT2D eigenvalue weighted by molar-refractivity contribution is 5.83. The molecule has 0 radical (unpaired) electrons. The zero-order valence-corrected chi connectivity index (χ0v) is 14.3. The molecule has 3 heteroatoms. The average Bonchev–Trinajstić information content (AvgIpc) is 2.46. The van der Waals surface area contributed by atoms with Crippen molar-refractivity contribution < 1.29 is 9.90 Å². The van der Waals surface area contributed by atoms with Gasteiger partial charge in [-0.05, 0) is 12.8 Å². The van der Waals surface area contributed by atoms with Gasteiger partial charge in [0.25, 0.3) is 0 Å². The monoisotopic (exact) mass is 299 g/mol. The smallest absolute Gasteiger partial charge is 0.249 e. The number of carbonyl (C=O) groups is 1. The molecule has 0 aliphatic heterocycles. The number of hydrogen-bond donors (Lipinski definition) is 2. The zero-order chi connectivity index (χ0) is 16.0. The third kappa shape index (κ3) is 10.8. The largest absolute Gasteiger partial charge is 0.380 e. The predicted molar refractivity (Wildman–Crippen MR) is 90.1 cm³/mol. The van der Waals surface area contributed by atoms with Crippen molar-refractivity contribution in [3.8, 4) is 0 Å². The van der Waals surface area contributed by atoms with Crippen LogP contribution in [0.1, 0.15) is 104 Å². The number of unbranched alkanes of at least 4 members (excludes halogenated alkanes) is 10. The van der Waals surface area contributed by atoms with E-state index in [1.807, 2.05) is 0 Å². The number of primary amides is 1. The second kappa shape index (κ2) is 13.1. The minimum Gasteiger partial charge on any atom is -0.380 e. The van der Waals surface area contributed by atoms with Crippen molar-refractivity contribution in [1.82, 2.24) is 0 Å². The lowest BCUT2D eigenvalue weighted by molar-refractivity contribution is -0.138. The molecule has 3 N–H and O–H groups in total. The van der Waals surface area contributed by atoms with E-state index in [0.29, 0.717) is 12.8 Å². The molecule has 0 aliphatic rings. The van der Waals surface area contributed by atoms with E-state index < -0.39 is 11.5 Å². The summed E-state index contributed by atoms with van der Waals surface area (Å²) in [6.45, 7) is 4.40. The molecule has 0 saturated heterocycles. The predicted octanol–water partition coefficient (Wildman–Crippen LogP) is 4.70. The van der Waals surface area contributed by atoms with Gasteiger partial charge in [-0.1, -0.05) is 90.9 Å². The standard InChI is InChI=1S/C18H37NO2/c1-3-5-7-9-11-13-15-18(21,17(19)20)16-14-12-10-8-6-4-2/h21H,3-16H2,1-2H3,(H2,19,20). The van der Waals surface area contributed by atoms with Crippen LogP contribution in [0.3, 0.4) is 0 Å². The molecular formula is C18H37NO2. The first kappa shape index (κ1) is 20.4. The fraction of sp³-hybridized carbons (Fsp3) is 0.944. The van der Waals surface area contributed by atoms with E-state index in [-0.39, 0.29) is 0 Å². The lowest BCUT2D eigenvalue weighted by Gasteiger charge is -2.24. The second-order valence-electron chi connectivity index (χ2n) is 6.43. The van der Waals surface area contributed by atoms with Crippen LogP contribution in [0.5, 0.6) is 0 Å².